The minimum absolute atomic E-state index is 0.110. The predicted molar refractivity (Wildman–Crippen MR) is 92.7 cm³/mol. The van der Waals surface area contributed by atoms with E-state index >= 15 is 0 Å². The van der Waals surface area contributed by atoms with E-state index in [1.54, 1.807) is 35.2 Å². The second kappa shape index (κ2) is 6.33. The molecule has 0 spiro atoms. The van der Waals surface area contributed by atoms with Gasteiger partial charge in [0, 0.05) is 24.1 Å². The van der Waals surface area contributed by atoms with Gasteiger partial charge in [0.05, 0.1) is 17.6 Å². The van der Waals surface area contributed by atoms with E-state index in [4.69, 9.17) is 4.74 Å². The van der Waals surface area contributed by atoms with Gasteiger partial charge < -0.3 is 9.64 Å². The highest BCUT2D eigenvalue weighted by atomic mass is 32.2. The lowest BCUT2D eigenvalue weighted by Crippen LogP contribution is -2.29. The molecule has 0 atom stereocenters. The van der Waals surface area contributed by atoms with Crippen LogP contribution < -0.4 is 4.90 Å². The molecule has 0 bridgehead atoms. The van der Waals surface area contributed by atoms with E-state index in [2.05, 4.69) is 0 Å². The Bertz CT molecular complexity index is 965. The summed E-state index contributed by atoms with van der Waals surface area (Å²) in [5.41, 5.74) is 2.36. The number of fused-ring (bicyclic) bond motifs is 1. The molecule has 0 N–H and O–H groups in total. The monoisotopic (exact) mass is 359 g/mol. The average Bonchev–Trinajstić information content (AvgIpc) is 3.02. The Morgan fingerprint density at radius 3 is 2.52 bits per heavy atom. The quantitative estimate of drug-likeness (QED) is 0.784. The molecule has 0 aliphatic carbocycles. The van der Waals surface area contributed by atoms with E-state index in [0.717, 1.165) is 17.5 Å². The maximum atomic E-state index is 12.8. The van der Waals surface area contributed by atoms with Gasteiger partial charge in [-0.2, -0.15) is 0 Å². The predicted octanol–water partition coefficient (Wildman–Crippen LogP) is 2.08. The zero-order chi connectivity index (χ0) is 18.2. The number of benzene rings is 2. The maximum Gasteiger partial charge on any atom is 0.337 e. The fourth-order valence-electron chi connectivity index (χ4n) is 2.87. The Balaban J connectivity index is 1.93. The molecule has 1 heterocycles. The lowest BCUT2D eigenvalue weighted by Gasteiger charge is -2.18. The Morgan fingerprint density at radius 1 is 1.08 bits per heavy atom. The highest BCUT2D eigenvalue weighted by Gasteiger charge is 2.27. The third-order valence-corrected chi connectivity index (χ3v) is 5.26. The number of nitrogens with zero attached hydrogens (tertiary/aromatic N) is 1. The molecule has 3 rings (SSSR count). The van der Waals surface area contributed by atoms with Crippen molar-refractivity contribution in [2.45, 2.75) is 11.3 Å². The standard InChI is InChI=1S/C18H17NO5S/c1-24-18(21)14-6-7-16-12(10-14)8-9-19(16)17(20)13-4-3-5-15(11-13)25(2,22)23/h3-7,10-11H,8-9H2,1-2H3. The largest absolute Gasteiger partial charge is 0.465 e. The van der Waals surface area contributed by atoms with Gasteiger partial charge in [0.1, 0.15) is 0 Å². The van der Waals surface area contributed by atoms with Gasteiger partial charge in [0.25, 0.3) is 5.91 Å². The molecule has 0 radical (unpaired) electrons. The second-order valence-electron chi connectivity index (χ2n) is 5.84. The summed E-state index contributed by atoms with van der Waals surface area (Å²) in [5, 5.41) is 0. The number of carbonyl (C=O) groups excluding carboxylic acids is 2. The molecule has 130 valence electrons. The Kier molecular flexibility index (Phi) is 4.34. The zero-order valence-electron chi connectivity index (χ0n) is 13.9. The maximum absolute atomic E-state index is 12.8. The van der Waals surface area contributed by atoms with Crippen LogP contribution in [-0.4, -0.2) is 40.2 Å². The highest BCUT2D eigenvalue weighted by Crippen LogP contribution is 2.30. The number of esters is 1. The van der Waals surface area contributed by atoms with Gasteiger partial charge in [-0.15, -0.1) is 0 Å². The summed E-state index contributed by atoms with van der Waals surface area (Å²) in [6.07, 6.45) is 1.73. The van der Waals surface area contributed by atoms with Crippen LogP contribution >= 0.6 is 0 Å². The molecule has 7 heteroatoms. The molecule has 2 aromatic rings. The number of rotatable bonds is 3. The van der Waals surface area contributed by atoms with Gasteiger partial charge >= 0.3 is 5.97 Å². The third-order valence-electron chi connectivity index (χ3n) is 4.15. The van der Waals surface area contributed by atoms with Crippen molar-refractivity contribution >= 4 is 27.4 Å². The van der Waals surface area contributed by atoms with Crippen molar-refractivity contribution in [3.8, 4) is 0 Å². The lowest BCUT2D eigenvalue weighted by atomic mass is 10.1. The summed E-state index contributed by atoms with van der Waals surface area (Å²) < 4.78 is 28.1. The third kappa shape index (κ3) is 3.28. The van der Waals surface area contributed by atoms with Gasteiger partial charge in [0.2, 0.25) is 0 Å². The van der Waals surface area contributed by atoms with Crippen LogP contribution in [0.4, 0.5) is 5.69 Å². The molecule has 1 amide bonds. The molecule has 25 heavy (non-hydrogen) atoms. The fourth-order valence-corrected chi connectivity index (χ4v) is 3.54. The molecular formula is C18H17NO5S. The minimum Gasteiger partial charge on any atom is -0.465 e. The van der Waals surface area contributed by atoms with Crippen LogP contribution in [-0.2, 0) is 21.0 Å². The molecule has 0 saturated heterocycles. The van der Waals surface area contributed by atoms with E-state index in [1.807, 2.05) is 0 Å². The van der Waals surface area contributed by atoms with Crippen molar-refractivity contribution in [3.63, 3.8) is 0 Å². The van der Waals surface area contributed by atoms with Crippen molar-refractivity contribution in [3.05, 3.63) is 59.2 Å². The first-order chi connectivity index (χ1) is 11.8. The summed E-state index contributed by atoms with van der Waals surface area (Å²) in [5.74, 6) is -0.691. The van der Waals surface area contributed by atoms with Crippen molar-refractivity contribution in [1.82, 2.24) is 0 Å². The molecular weight excluding hydrogens is 342 g/mol. The lowest BCUT2D eigenvalue weighted by molar-refractivity contribution is 0.0600. The van der Waals surface area contributed by atoms with Crippen LogP contribution in [0.2, 0.25) is 0 Å². The number of sulfone groups is 1. The number of hydrogen-bond donors (Lipinski definition) is 0. The summed E-state index contributed by atoms with van der Waals surface area (Å²) in [6.45, 7) is 0.474. The number of hydrogen-bond acceptors (Lipinski definition) is 5. The van der Waals surface area contributed by atoms with Crippen LogP contribution in [0.5, 0.6) is 0 Å². The molecule has 0 saturated carbocycles. The molecule has 1 aliphatic rings. The zero-order valence-corrected chi connectivity index (χ0v) is 14.7. The molecule has 2 aromatic carbocycles. The van der Waals surface area contributed by atoms with E-state index in [9.17, 15) is 18.0 Å². The van der Waals surface area contributed by atoms with Crippen molar-refractivity contribution in [1.29, 1.82) is 0 Å². The van der Waals surface area contributed by atoms with Gasteiger partial charge in [-0.1, -0.05) is 6.07 Å². The smallest absolute Gasteiger partial charge is 0.337 e. The molecule has 1 aliphatic heterocycles. The van der Waals surface area contributed by atoms with E-state index < -0.39 is 15.8 Å². The normalized spacial score (nSPS) is 13.4. The van der Waals surface area contributed by atoms with Crippen LogP contribution in [0.3, 0.4) is 0 Å². The number of amides is 1. The first-order valence-corrected chi connectivity index (χ1v) is 9.53. The summed E-state index contributed by atoms with van der Waals surface area (Å²) in [4.78, 5) is 26.1. The van der Waals surface area contributed by atoms with Gasteiger partial charge in [0.15, 0.2) is 9.84 Å². The van der Waals surface area contributed by atoms with Gasteiger partial charge in [-0.25, -0.2) is 13.2 Å². The van der Waals surface area contributed by atoms with Crippen LogP contribution in [0.15, 0.2) is 47.4 Å². The van der Waals surface area contributed by atoms with Crippen LogP contribution in [0.1, 0.15) is 26.3 Å². The topological polar surface area (TPSA) is 80.8 Å². The second-order valence-corrected chi connectivity index (χ2v) is 7.86. The van der Waals surface area contributed by atoms with E-state index in [1.165, 1.54) is 19.2 Å². The van der Waals surface area contributed by atoms with Crippen molar-refractivity contribution in [2.75, 3.05) is 24.8 Å². The average molecular weight is 359 g/mol. The number of anilines is 1. The first kappa shape index (κ1) is 17.2. The van der Waals surface area contributed by atoms with Crippen molar-refractivity contribution in [2.24, 2.45) is 0 Å². The van der Waals surface area contributed by atoms with Gasteiger partial charge in [-0.3, -0.25) is 4.79 Å². The van der Waals surface area contributed by atoms with Crippen LogP contribution in [0.25, 0.3) is 0 Å². The molecule has 0 fully saturated rings. The number of ether oxygens (including phenoxy) is 1. The first-order valence-electron chi connectivity index (χ1n) is 7.64. The summed E-state index contributed by atoms with van der Waals surface area (Å²) in [6, 6.07) is 11.1. The SMILES string of the molecule is COC(=O)c1ccc2c(c1)CCN2C(=O)c1cccc(S(C)(=O)=O)c1. The fraction of sp³-hybridized carbons (Fsp3) is 0.222. The minimum atomic E-state index is -3.38. The molecule has 6 nitrogen and oxygen atoms in total. The number of carbonyl (C=O) groups is 2. The Labute approximate surface area is 145 Å². The Hall–Kier alpha value is -2.67. The van der Waals surface area contributed by atoms with E-state index in [-0.39, 0.29) is 10.8 Å². The highest BCUT2D eigenvalue weighted by molar-refractivity contribution is 7.90. The summed E-state index contributed by atoms with van der Waals surface area (Å²) in [7, 11) is -2.06. The molecule has 0 aromatic heterocycles. The molecule has 0 unspecified atom stereocenters. The number of methoxy groups -OCH3 is 1. The summed E-state index contributed by atoms with van der Waals surface area (Å²) >= 11 is 0. The Morgan fingerprint density at radius 2 is 1.84 bits per heavy atom. The van der Waals surface area contributed by atoms with Gasteiger partial charge in [-0.05, 0) is 48.4 Å². The van der Waals surface area contributed by atoms with E-state index in [0.29, 0.717) is 24.1 Å². The van der Waals surface area contributed by atoms with Crippen molar-refractivity contribution < 1.29 is 22.7 Å². The van der Waals surface area contributed by atoms with Crippen LogP contribution in [0, 0.1) is 0 Å².